The highest BCUT2D eigenvalue weighted by molar-refractivity contribution is 5.94. The smallest absolute Gasteiger partial charge is 0.352 e. The van der Waals surface area contributed by atoms with Crippen LogP contribution in [0.2, 0.25) is 0 Å². The summed E-state index contributed by atoms with van der Waals surface area (Å²) in [6.45, 7) is 2.77. The molecule has 2 rings (SSSR count). The highest BCUT2D eigenvalue weighted by Crippen LogP contribution is 2.19. The predicted octanol–water partition coefficient (Wildman–Crippen LogP) is 2.55. The van der Waals surface area contributed by atoms with E-state index in [0.29, 0.717) is 5.69 Å². The summed E-state index contributed by atoms with van der Waals surface area (Å²) in [6, 6.07) is 10.2. The number of fused-ring (bicyclic) bond motifs is 1. The lowest BCUT2D eigenvalue weighted by molar-refractivity contribution is 0.0685. The van der Waals surface area contributed by atoms with Crippen LogP contribution in [0.1, 0.15) is 23.8 Å². The molecule has 0 fully saturated rings. The van der Waals surface area contributed by atoms with Crippen LogP contribution in [0.3, 0.4) is 0 Å². The Hall–Kier alpha value is -1.77. The number of aryl methyl sites for hydroxylation is 1. The summed E-state index contributed by atoms with van der Waals surface area (Å²) in [5.74, 6) is -0.875. The van der Waals surface area contributed by atoms with Gasteiger partial charge in [-0.2, -0.15) is 0 Å². The van der Waals surface area contributed by atoms with Gasteiger partial charge < -0.3 is 9.67 Å². The van der Waals surface area contributed by atoms with Crippen LogP contribution >= 0.6 is 0 Å². The van der Waals surface area contributed by atoms with Crippen molar-refractivity contribution in [3.8, 4) is 0 Å². The maximum atomic E-state index is 11.0. The van der Waals surface area contributed by atoms with Crippen LogP contribution in [0, 0.1) is 6.07 Å². The SMILES string of the molecule is CCCn1c(C(=O)O)cc2c[c]ccc21. The van der Waals surface area contributed by atoms with E-state index in [-0.39, 0.29) is 0 Å². The summed E-state index contributed by atoms with van der Waals surface area (Å²) >= 11 is 0. The lowest BCUT2D eigenvalue weighted by atomic mass is 10.2. The first-order valence-electron chi connectivity index (χ1n) is 4.96. The number of carbonyl (C=O) groups is 1. The van der Waals surface area contributed by atoms with Crippen LogP contribution in [-0.4, -0.2) is 15.6 Å². The molecular formula is C12H12NO2. The van der Waals surface area contributed by atoms with Crippen molar-refractivity contribution >= 4 is 16.9 Å². The third kappa shape index (κ3) is 1.61. The Balaban J connectivity index is 2.68. The number of carboxylic acid groups (broad SMARTS) is 1. The third-order valence-corrected chi connectivity index (χ3v) is 2.41. The molecular weight excluding hydrogens is 190 g/mol. The Kier molecular flexibility index (Phi) is 2.46. The van der Waals surface area contributed by atoms with Gasteiger partial charge in [-0.05, 0) is 30.7 Å². The van der Waals surface area contributed by atoms with E-state index < -0.39 is 5.97 Å². The van der Waals surface area contributed by atoms with E-state index in [1.807, 2.05) is 23.6 Å². The van der Waals surface area contributed by atoms with Crippen molar-refractivity contribution in [3.63, 3.8) is 0 Å². The largest absolute Gasteiger partial charge is 0.477 e. The van der Waals surface area contributed by atoms with Crippen molar-refractivity contribution in [2.24, 2.45) is 0 Å². The molecule has 0 aliphatic rings. The lowest BCUT2D eigenvalue weighted by Gasteiger charge is -2.05. The fourth-order valence-electron chi connectivity index (χ4n) is 1.79. The molecule has 0 aliphatic carbocycles. The standard InChI is InChI=1S/C12H12NO2/c1-2-7-13-10-6-4-3-5-9(10)8-11(13)12(14)15/h4-6,8H,2,7H2,1H3,(H,14,15). The second kappa shape index (κ2) is 3.77. The van der Waals surface area contributed by atoms with E-state index in [2.05, 4.69) is 6.07 Å². The average Bonchev–Trinajstić information content (AvgIpc) is 2.58. The Morgan fingerprint density at radius 3 is 3.07 bits per heavy atom. The van der Waals surface area contributed by atoms with Crippen molar-refractivity contribution in [1.29, 1.82) is 0 Å². The second-order valence-corrected chi connectivity index (χ2v) is 3.47. The lowest BCUT2D eigenvalue weighted by Crippen LogP contribution is -2.07. The minimum Gasteiger partial charge on any atom is -0.477 e. The van der Waals surface area contributed by atoms with E-state index >= 15 is 0 Å². The molecule has 15 heavy (non-hydrogen) atoms. The van der Waals surface area contributed by atoms with Gasteiger partial charge in [0.15, 0.2) is 0 Å². The highest BCUT2D eigenvalue weighted by Gasteiger charge is 2.12. The summed E-state index contributed by atoms with van der Waals surface area (Å²) < 4.78 is 1.84. The monoisotopic (exact) mass is 202 g/mol. The molecule has 1 heterocycles. The predicted molar refractivity (Wildman–Crippen MR) is 58.0 cm³/mol. The summed E-state index contributed by atoms with van der Waals surface area (Å²) in [5.41, 5.74) is 1.32. The third-order valence-electron chi connectivity index (χ3n) is 2.41. The molecule has 0 atom stereocenters. The fraction of sp³-hybridized carbons (Fsp3) is 0.250. The van der Waals surface area contributed by atoms with Gasteiger partial charge in [-0.15, -0.1) is 0 Å². The minimum atomic E-state index is -0.875. The molecule has 0 saturated carbocycles. The van der Waals surface area contributed by atoms with Crippen LogP contribution < -0.4 is 0 Å². The van der Waals surface area contributed by atoms with Crippen molar-refractivity contribution in [2.75, 3.05) is 0 Å². The Morgan fingerprint density at radius 2 is 2.40 bits per heavy atom. The quantitative estimate of drug-likeness (QED) is 0.831. The Bertz CT molecular complexity index is 499. The number of carboxylic acids is 1. The number of rotatable bonds is 3. The zero-order valence-corrected chi connectivity index (χ0v) is 8.53. The molecule has 77 valence electrons. The molecule has 3 nitrogen and oxygen atoms in total. The highest BCUT2D eigenvalue weighted by atomic mass is 16.4. The second-order valence-electron chi connectivity index (χ2n) is 3.47. The topological polar surface area (TPSA) is 42.2 Å². The van der Waals surface area contributed by atoms with Crippen LogP contribution in [-0.2, 0) is 6.54 Å². The average molecular weight is 202 g/mol. The van der Waals surface area contributed by atoms with Crippen LogP contribution in [0.15, 0.2) is 24.3 Å². The van der Waals surface area contributed by atoms with Gasteiger partial charge in [0.05, 0.1) is 0 Å². The Morgan fingerprint density at radius 1 is 1.60 bits per heavy atom. The molecule has 0 aliphatic heterocycles. The maximum absolute atomic E-state index is 11.0. The Labute approximate surface area is 87.9 Å². The van der Waals surface area contributed by atoms with Gasteiger partial charge in [0.2, 0.25) is 0 Å². The molecule has 0 bridgehead atoms. The van der Waals surface area contributed by atoms with Crippen LogP contribution in [0.4, 0.5) is 0 Å². The molecule has 1 N–H and O–H groups in total. The molecule has 1 aromatic heterocycles. The van der Waals surface area contributed by atoms with E-state index in [0.717, 1.165) is 23.9 Å². The van der Waals surface area contributed by atoms with E-state index in [1.165, 1.54) is 0 Å². The summed E-state index contributed by atoms with van der Waals surface area (Å²) in [6.07, 6.45) is 0.919. The van der Waals surface area contributed by atoms with Crippen molar-refractivity contribution in [1.82, 2.24) is 4.57 Å². The number of benzene rings is 1. The van der Waals surface area contributed by atoms with Gasteiger partial charge >= 0.3 is 5.97 Å². The van der Waals surface area contributed by atoms with Crippen LogP contribution in [0.25, 0.3) is 10.9 Å². The summed E-state index contributed by atoms with van der Waals surface area (Å²) in [4.78, 5) is 11.0. The number of aromatic carboxylic acids is 1. The van der Waals surface area contributed by atoms with Gasteiger partial charge in [0.25, 0.3) is 0 Å². The number of hydrogen-bond donors (Lipinski definition) is 1. The first-order valence-corrected chi connectivity index (χ1v) is 4.96. The molecule has 3 heteroatoms. The molecule has 2 aromatic rings. The summed E-state index contributed by atoms with van der Waals surface area (Å²) in [5, 5.41) is 10.00. The molecule has 0 spiro atoms. The van der Waals surface area contributed by atoms with E-state index in [4.69, 9.17) is 5.11 Å². The molecule has 1 radical (unpaired) electrons. The summed E-state index contributed by atoms with van der Waals surface area (Å²) in [7, 11) is 0. The number of aromatic nitrogens is 1. The first-order chi connectivity index (χ1) is 7.24. The number of hydrogen-bond acceptors (Lipinski definition) is 1. The van der Waals surface area contributed by atoms with Crippen molar-refractivity contribution in [3.05, 3.63) is 36.0 Å². The van der Waals surface area contributed by atoms with Gasteiger partial charge in [-0.25, -0.2) is 4.79 Å². The molecule has 0 amide bonds. The van der Waals surface area contributed by atoms with Crippen molar-refractivity contribution in [2.45, 2.75) is 19.9 Å². The fourth-order valence-corrected chi connectivity index (χ4v) is 1.79. The van der Waals surface area contributed by atoms with Gasteiger partial charge in [-0.3, -0.25) is 0 Å². The van der Waals surface area contributed by atoms with E-state index in [9.17, 15) is 4.79 Å². The van der Waals surface area contributed by atoms with Gasteiger partial charge in [0, 0.05) is 17.4 Å². The first kappa shape index (κ1) is 9.77. The molecule has 0 saturated heterocycles. The van der Waals surface area contributed by atoms with Crippen LogP contribution in [0.5, 0.6) is 0 Å². The normalized spacial score (nSPS) is 10.7. The maximum Gasteiger partial charge on any atom is 0.352 e. The van der Waals surface area contributed by atoms with Crippen molar-refractivity contribution < 1.29 is 9.90 Å². The zero-order chi connectivity index (χ0) is 10.8. The minimum absolute atomic E-state index is 0.353. The molecule has 1 aromatic carbocycles. The van der Waals surface area contributed by atoms with E-state index in [1.54, 1.807) is 12.1 Å². The van der Waals surface area contributed by atoms with Gasteiger partial charge in [0.1, 0.15) is 5.69 Å². The zero-order valence-electron chi connectivity index (χ0n) is 8.53. The molecule has 0 unspecified atom stereocenters. The number of nitrogens with zero attached hydrogens (tertiary/aromatic N) is 1. The van der Waals surface area contributed by atoms with Gasteiger partial charge in [-0.1, -0.05) is 13.0 Å².